The Morgan fingerprint density at radius 3 is 2.16 bits per heavy atom. The highest BCUT2D eigenvalue weighted by Gasteiger charge is 2.14. The number of benzene rings is 2. The van der Waals surface area contributed by atoms with Gasteiger partial charge in [0.25, 0.3) is 5.91 Å². The lowest BCUT2D eigenvalue weighted by Crippen LogP contribution is -2.36. The number of nitrogens with one attached hydrogen (secondary N) is 1. The Balaban J connectivity index is 1.75. The monoisotopic (exact) mass is 338 g/mol. The molecule has 2 aromatic rings. The van der Waals surface area contributed by atoms with E-state index in [0.717, 1.165) is 50.5 Å². The van der Waals surface area contributed by atoms with Crippen molar-refractivity contribution in [3.8, 4) is 0 Å². The summed E-state index contributed by atoms with van der Waals surface area (Å²) in [5, 5.41) is 3.12. The Bertz CT molecular complexity index is 697. The van der Waals surface area contributed by atoms with Gasteiger partial charge in [0.1, 0.15) is 0 Å². The second-order valence-electron chi connectivity index (χ2n) is 6.26. The van der Waals surface area contributed by atoms with Crippen molar-refractivity contribution >= 4 is 17.3 Å². The molecule has 0 unspecified atom stereocenters. The van der Waals surface area contributed by atoms with Gasteiger partial charge in [-0.1, -0.05) is 32.0 Å². The standard InChI is InChI=1S/C21H26N2O2/c1-3-16-6-5-7-17(4-2)20(16)22-21(24)18-8-10-19(11-9-18)23-12-14-25-15-13-23/h5-11H,3-4,12-15H2,1-2H3,(H,22,24). The first-order chi connectivity index (χ1) is 12.2. The van der Waals surface area contributed by atoms with E-state index < -0.39 is 0 Å². The molecule has 0 bridgehead atoms. The molecule has 1 N–H and O–H groups in total. The summed E-state index contributed by atoms with van der Waals surface area (Å²) in [5.41, 5.74) is 5.15. The number of nitrogens with zero attached hydrogens (tertiary/aromatic N) is 1. The summed E-state index contributed by atoms with van der Waals surface area (Å²) in [7, 11) is 0. The first-order valence-corrected chi connectivity index (χ1v) is 9.07. The van der Waals surface area contributed by atoms with Crippen LogP contribution in [0.1, 0.15) is 35.3 Å². The average molecular weight is 338 g/mol. The average Bonchev–Trinajstić information content (AvgIpc) is 2.69. The lowest BCUT2D eigenvalue weighted by molar-refractivity contribution is 0.102. The second kappa shape index (κ2) is 8.17. The molecule has 132 valence electrons. The van der Waals surface area contributed by atoms with Gasteiger partial charge in [-0.15, -0.1) is 0 Å². The zero-order chi connectivity index (χ0) is 17.6. The number of rotatable bonds is 5. The maximum absolute atomic E-state index is 12.7. The quantitative estimate of drug-likeness (QED) is 0.899. The van der Waals surface area contributed by atoms with Crippen LogP contribution in [0.4, 0.5) is 11.4 Å². The van der Waals surface area contributed by atoms with Crippen molar-refractivity contribution in [1.82, 2.24) is 0 Å². The summed E-state index contributed by atoms with van der Waals surface area (Å²) >= 11 is 0. The molecule has 1 aliphatic rings. The van der Waals surface area contributed by atoms with E-state index in [-0.39, 0.29) is 5.91 Å². The topological polar surface area (TPSA) is 41.6 Å². The molecule has 2 aromatic carbocycles. The largest absolute Gasteiger partial charge is 0.378 e. The highest BCUT2D eigenvalue weighted by Crippen LogP contribution is 2.24. The third-order valence-electron chi connectivity index (χ3n) is 4.74. The maximum atomic E-state index is 12.7. The zero-order valence-electron chi connectivity index (χ0n) is 15.0. The van der Waals surface area contributed by atoms with Gasteiger partial charge in [-0.25, -0.2) is 0 Å². The fraction of sp³-hybridized carbons (Fsp3) is 0.381. The molecule has 0 atom stereocenters. The molecule has 1 fully saturated rings. The fourth-order valence-corrected chi connectivity index (χ4v) is 3.23. The molecule has 0 radical (unpaired) electrons. The smallest absolute Gasteiger partial charge is 0.255 e. The normalized spacial score (nSPS) is 14.4. The SMILES string of the molecule is CCc1cccc(CC)c1NC(=O)c1ccc(N2CCOCC2)cc1. The van der Waals surface area contributed by atoms with Crippen molar-refractivity contribution in [1.29, 1.82) is 0 Å². The predicted octanol–water partition coefficient (Wildman–Crippen LogP) is 3.90. The number of morpholine rings is 1. The third-order valence-corrected chi connectivity index (χ3v) is 4.74. The van der Waals surface area contributed by atoms with Crippen molar-refractivity contribution in [2.75, 3.05) is 36.5 Å². The summed E-state index contributed by atoms with van der Waals surface area (Å²) in [6.45, 7) is 7.54. The van der Waals surface area contributed by atoms with Crippen LogP contribution in [0.5, 0.6) is 0 Å². The third kappa shape index (κ3) is 4.02. The molecule has 4 heteroatoms. The van der Waals surface area contributed by atoms with E-state index in [1.54, 1.807) is 0 Å². The first kappa shape index (κ1) is 17.5. The van der Waals surface area contributed by atoms with Gasteiger partial charge in [-0.3, -0.25) is 4.79 Å². The van der Waals surface area contributed by atoms with Crippen LogP contribution in [0, 0.1) is 0 Å². The number of amides is 1. The number of hydrogen-bond acceptors (Lipinski definition) is 3. The molecule has 25 heavy (non-hydrogen) atoms. The number of ether oxygens (including phenoxy) is 1. The van der Waals surface area contributed by atoms with Gasteiger partial charge in [-0.05, 0) is 48.2 Å². The van der Waals surface area contributed by atoms with Crippen molar-refractivity contribution in [3.05, 3.63) is 59.2 Å². The van der Waals surface area contributed by atoms with Crippen LogP contribution >= 0.6 is 0 Å². The van der Waals surface area contributed by atoms with Crippen LogP contribution in [0.15, 0.2) is 42.5 Å². The van der Waals surface area contributed by atoms with Gasteiger partial charge in [0.15, 0.2) is 0 Å². The molecule has 1 heterocycles. The molecular formula is C21H26N2O2. The zero-order valence-corrected chi connectivity index (χ0v) is 15.0. The Morgan fingerprint density at radius 1 is 1.00 bits per heavy atom. The Labute approximate surface area is 149 Å². The fourth-order valence-electron chi connectivity index (χ4n) is 3.23. The van der Waals surface area contributed by atoms with E-state index in [9.17, 15) is 4.79 Å². The number of carbonyl (C=O) groups is 1. The molecule has 0 aromatic heterocycles. The summed E-state index contributed by atoms with van der Waals surface area (Å²) in [6, 6.07) is 14.1. The molecule has 3 rings (SSSR count). The molecule has 4 nitrogen and oxygen atoms in total. The molecule has 1 saturated heterocycles. The van der Waals surface area contributed by atoms with Gasteiger partial charge < -0.3 is 15.0 Å². The lowest BCUT2D eigenvalue weighted by Gasteiger charge is -2.28. The highest BCUT2D eigenvalue weighted by atomic mass is 16.5. The van der Waals surface area contributed by atoms with E-state index in [1.165, 1.54) is 11.1 Å². The number of carbonyl (C=O) groups excluding carboxylic acids is 1. The number of hydrogen-bond donors (Lipinski definition) is 1. The van der Waals surface area contributed by atoms with Crippen LogP contribution in [0.3, 0.4) is 0 Å². The van der Waals surface area contributed by atoms with E-state index in [2.05, 4.69) is 42.3 Å². The predicted molar refractivity (Wildman–Crippen MR) is 103 cm³/mol. The van der Waals surface area contributed by atoms with Gasteiger partial charge in [-0.2, -0.15) is 0 Å². The Hall–Kier alpha value is -2.33. The van der Waals surface area contributed by atoms with Crippen molar-refractivity contribution in [2.24, 2.45) is 0 Å². The van der Waals surface area contributed by atoms with E-state index in [1.807, 2.05) is 24.3 Å². The number of anilines is 2. The summed E-state index contributed by atoms with van der Waals surface area (Å²) in [5.74, 6) is -0.0517. The van der Waals surface area contributed by atoms with Gasteiger partial charge in [0.2, 0.25) is 0 Å². The first-order valence-electron chi connectivity index (χ1n) is 9.07. The van der Waals surface area contributed by atoms with Crippen molar-refractivity contribution in [3.63, 3.8) is 0 Å². The van der Waals surface area contributed by atoms with Gasteiger partial charge in [0, 0.05) is 30.0 Å². The molecule has 0 aliphatic carbocycles. The molecule has 1 aliphatic heterocycles. The minimum Gasteiger partial charge on any atom is -0.378 e. The van der Waals surface area contributed by atoms with Gasteiger partial charge in [0.05, 0.1) is 13.2 Å². The van der Waals surface area contributed by atoms with Crippen LogP contribution in [0.2, 0.25) is 0 Å². The Morgan fingerprint density at radius 2 is 1.60 bits per heavy atom. The second-order valence-corrected chi connectivity index (χ2v) is 6.26. The van der Waals surface area contributed by atoms with Crippen LogP contribution in [-0.2, 0) is 17.6 Å². The van der Waals surface area contributed by atoms with Crippen molar-refractivity contribution in [2.45, 2.75) is 26.7 Å². The van der Waals surface area contributed by atoms with E-state index >= 15 is 0 Å². The molecule has 0 spiro atoms. The maximum Gasteiger partial charge on any atom is 0.255 e. The summed E-state index contributed by atoms with van der Waals surface area (Å²) < 4.78 is 5.39. The lowest BCUT2D eigenvalue weighted by atomic mass is 10.0. The molecular weight excluding hydrogens is 312 g/mol. The van der Waals surface area contributed by atoms with E-state index in [4.69, 9.17) is 4.74 Å². The molecule has 0 saturated carbocycles. The minimum atomic E-state index is -0.0517. The highest BCUT2D eigenvalue weighted by molar-refractivity contribution is 6.05. The number of aryl methyl sites for hydroxylation is 2. The van der Waals surface area contributed by atoms with Crippen molar-refractivity contribution < 1.29 is 9.53 Å². The Kier molecular flexibility index (Phi) is 5.71. The van der Waals surface area contributed by atoms with Crippen LogP contribution in [-0.4, -0.2) is 32.2 Å². The summed E-state index contributed by atoms with van der Waals surface area (Å²) in [4.78, 5) is 15.0. The van der Waals surface area contributed by atoms with Gasteiger partial charge >= 0.3 is 0 Å². The summed E-state index contributed by atoms with van der Waals surface area (Å²) in [6.07, 6.45) is 1.80. The van der Waals surface area contributed by atoms with Crippen LogP contribution in [0.25, 0.3) is 0 Å². The van der Waals surface area contributed by atoms with E-state index in [0.29, 0.717) is 5.56 Å². The minimum absolute atomic E-state index is 0.0517. The number of para-hydroxylation sites is 1. The molecule has 1 amide bonds. The van der Waals surface area contributed by atoms with Crippen LogP contribution < -0.4 is 10.2 Å².